The topological polar surface area (TPSA) is 43.4 Å². The van der Waals surface area contributed by atoms with Crippen molar-refractivity contribution in [1.82, 2.24) is 0 Å². The van der Waals surface area contributed by atoms with Crippen molar-refractivity contribution < 1.29 is 14.3 Å². The third kappa shape index (κ3) is 2.31. The third-order valence-corrected chi connectivity index (χ3v) is 2.34. The van der Waals surface area contributed by atoms with Crippen LogP contribution in [-0.4, -0.2) is 18.4 Å². The van der Waals surface area contributed by atoms with E-state index in [2.05, 4.69) is 0 Å². The smallest absolute Gasteiger partial charge is 0.302 e. The molecule has 0 saturated carbocycles. The number of hydrogen-bond donors (Lipinski definition) is 0. The molecule has 1 aliphatic carbocycles. The van der Waals surface area contributed by atoms with Crippen molar-refractivity contribution in [3.05, 3.63) is 22.8 Å². The molecule has 3 heteroatoms. The van der Waals surface area contributed by atoms with Gasteiger partial charge in [-0.25, -0.2) is 0 Å². The Morgan fingerprint density at radius 1 is 1.50 bits per heavy atom. The quantitative estimate of drug-likeness (QED) is 0.497. The molecule has 76 valence electrons. The summed E-state index contributed by atoms with van der Waals surface area (Å²) in [4.78, 5) is 22.0. The van der Waals surface area contributed by atoms with Gasteiger partial charge in [-0.2, -0.15) is 0 Å². The summed E-state index contributed by atoms with van der Waals surface area (Å²) in [5.41, 5.74) is 2.66. The number of esters is 1. The summed E-state index contributed by atoms with van der Waals surface area (Å²) < 4.78 is 4.74. The zero-order valence-electron chi connectivity index (χ0n) is 8.72. The molecule has 0 aromatic heterocycles. The fourth-order valence-corrected chi connectivity index (χ4v) is 1.36. The Morgan fingerprint density at radius 2 is 2.14 bits per heavy atom. The lowest BCUT2D eigenvalue weighted by atomic mass is 10.1. The fraction of sp³-hybridized carbons (Fsp3) is 0.455. The molecule has 0 bridgehead atoms. The van der Waals surface area contributed by atoms with E-state index in [0.29, 0.717) is 6.42 Å². The van der Waals surface area contributed by atoms with Gasteiger partial charge in [0.2, 0.25) is 0 Å². The minimum atomic E-state index is -0.325. The van der Waals surface area contributed by atoms with Crippen molar-refractivity contribution in [2.75, 3.05) is 6.61 Å². The van der Waals surface area contributed by atoms with Crippen LogP contribution < -0.4 is 0 Å². The van der Waals surface area contributed by atoms with Crippen LogP contribution in [-0.2, 0) is 14.3 Å². The van der Waals surface area contributed by atoms with E-state index in [1.165, 1.54) is 6.92 Å². The van der Waals surface area contributed by atoms with Crippen LogP contribution >= 0.6 is 0 Å². The molecule has 0 aliphatic heterocycles. The second-order valence-corrected chi connectivity index (χ2v) is 3.44. The van der Waals surface area contributed by atoms with Crippen LogP contribution in [0, 0.1) is 0 Å². The summed E-state index contributed by atoms with van der Waals surface area (Å²) in [5, 5.41) is 0. The van der Waals surface area contributed by atoms with Crippen molar-refractivity contribution >= 4 is 11.8 Å². The predicted molar refractivity (Wildman–Crippen MR) is 52.7 cm³/mol. The first kappa shape index (κ1) is 10.7. The van der Waals surface area contributed by atoms with Crippen molar-refractivity contribution in [2.45, 2.75) is 27.2 Å². The van der Waals surface area contributed by atoms with Crippen molar-refractivity contribution in [2.24, 2.45) is 0 Å². The van der Waals surface area contributed by atoms with Gasteiger partial charge < -0.3 is 4.74 Å². The number of hydrogen-bond acceptors (Lipinski definition) is 3. The van der Waals surface area contributed by atoms with E-state index in [9.17, 15) is 9.59 Å². The highest BCUT2D eigenvalue weighted by atomic mass is 16.5. The highest BCUT2D eigenvalue weighted by Gasteiger charge is 2.21. The summed E-state index contributed by atoms with van der Waals surface area (Å²) in [6, 6.07) is 0. The number of carbonyl (C=O) groups is 2. The highest BCUT2D eigenvalue weighted by Crippen LogP contribution is 2.26. The van der Waals surface area contributed by atoms with Crippen LogP contribution in [0.25, 0.3) is 0 Å². The van der Waals surface area contributed by atoms with E-state index in [0.717, 1.165) is 16.7 Å². The summed E-state index contributed by atoms with van der Waals surface area (Å²) in [5.74, 6) is -0.247. The van der Waals surface area contributed by atoms with Gasteiger partial charge in [0.25, 0.3) is 0 Å². The van der Waals surface area contributed by atoms with Crippen molar-refractivity contribution in [1.29, 1.82) is 0 Å². The third-order valence-electron chi connectivity index (χ3n) is 2.34. The van der Waals surface area contributed by atoms with E-state index >= 15 is 0 Å². The first-order valence-electron chi connectivity index (χ1n) is 4.56. The van der Waals surface area contributed by atoms with Crippen molar-refractivity contribution in [3.63, 3.8) is 0 Å². The molecular formula is C11H14O3. The Labute approximate surface area is 83.4 Å². The summed E-state index contributed by atoms with van der Waals surface area (Å²) in [6.07, 6.45) is 2.37. The average Bonchev–Trinajstić information content (AvgIpc) is 2.33. The molecule has 0 atom stereocenters. The zero-order valence-corrected chi connectivity index (χ0v) is 8.72. The van der Waals surface area contributed by atoms with Gasteiger partial charge in [0, 0.05) is 12.5 Å². The largest absolute Gasteiger partial charge is 0.462 e. The molecule has 3 nitrogen and oxygen atoms in total. The Bertz CT molecular complexity index is 334. The number of ether oxygens (including phenoxy) is 1. The van der Waals surface area contributed by atoms with Gasteiger partial charge >= 0.3 is 5.97 Å². The maximum Gasteiger partial charge on any atom is 0.302 e. The molecule has 0 saturated heterocycles. The van der Waals surface area contributed by atoms with Gasteiger partial charge in [0.05, 0.1) is 0 Å². The minimum Gasteiger partial charge on any atom is -0.462 e. The second-order valence-electron chi connectivity index (χ2n) is 3.44. The first-order chi connectivity index (χ1) is 6.52. The van der Waals surface area contributed by atoms with E-state index in [1.54, 1.807) is 6.08 Å². The second kappa shape index (κ2) is 4.22. The number of rotatable bonds is 2. The van der Waals surface area contributed by atoms with E-state index in [-0.39, 0.29) is 18.4 Å². The molecule has 0 amide bonds. The average molecular weight is 194 g/mol. The van der Waals surface area contributed by atoms with Crippen LogP contribution in [0.3, 0.4) is 0 Å². The number of carbonyl (C=O) groups excluding carboxylic acids is 2. The lowest BCUT2D eigenvalue weighted by Gasteiger charge is -1.98. The molecule has 1 aliphatic rings. The standard InChI is InChI=1S/C11H14O3/c1-7-6-10(11(13)8(7)2)4-5-14-9(3)12/h4H,5-6H2,1-3H3/b10-4+. The zero-order chi connectivity index (χ0) is 10.7. The highest BCUT2D eigenvalue weighted by molar-refractivity contribution is 6.11. The molecular weight excluding hydrogens is 180 g/mol. The lowest BCUT2D eigenvalue weighted by Crippen LogP contribution is -2.02. The summed E-state index contributed by atoms with van der Waals surface area (Å²) in [6.45, 7) is 5.31. The molecule has 0 aromatic carbocycles. The van der Waals surface area contributed by atoms with E-state index in [4.69, 9.17) is 4.74 Å². The van der Waals surface area contributed by atoms with Crippen LogP contribution in [0.5, 0.6) is 0 Å². The van der Waals surface area contributed by atoms with Gasteiger partial charge in [0.15, 0.2) is 5.78 Å². The summed E-state index contributed by atoms with van der Waals surface area (Å²) >= 11 is 0. The summed E-state index contributed by atoms with van der Waals surface area (Å²) in [7, 11) is 0. The Balaban J connectivity index is 2.58. The predicted octanol–water partition coefficient (Wildman–Crippen LogP) is 1.79. The molecule has 0 heterocycles. The molecule has 1 rings (SSSR count). The molecule has 14 heavy (non-hydrogen) atoms. The molecule has 0 unspecified atom stereocenters. The maximum absolute atomic E-state index is 11.5. The van der Waals surface area contributed by atoms with Gasteiger partial charge in [-0.15, -0.1) is 0 Å². The van der Waals surface area contributed by atoms with Crippen LogP contribution in [0.4, 0.5) is 0 Å². The maximum atomic E-state index is 11.5. The molecule has 0 radical (unpaired) electrons. The molecule has 0 aromatic rings. The van der Waals surface area contributed by atoms with Gasteiger partial charge in [-0.05, 0) is 31.9 Å². The van der Waals surface area contributed by atoms with E-state index < -0.39 is 0 Å². The van der Waals surface area contributed by atoms with Crippen LogP contribution in [0.2, 0.25) is 0 Å². The van der Waals surface area contributed by atoms with Gasteiger partial charge in [-0.3, -0.25) is 9.59 Å². The minimum absolute atomic E-state index is 0.0784. The molecule has 0 fully saturated rings. The Kier molecular flexibility index (Phi) is 3.23. The number of allylic oxidation sites excluding steroid dienone is 3. The monoisotopic (exact) mass is 194 g/mol. The molecule has 0 spiro atoms. The van der Waals surface area contributed by atoms with Gasteiger partial charge in [0.1, 0.15) is 6.61 Å². The Morgan fingerprint density at radius 3 is 2.57 bits per heavy atom. The van der Waals surface area contributed by atoms with E-state index in [1.807, 2.05) is 13.8 Å². The van der Waals surface area contributed by atoms with Gasteiger partial charge in [-0.1, -0.05) is 5.57 Å². The SMILES string of the molecule is CC(=O)OC/C=C1\CC(C)=C(C)C1=O. The number of Topliss-reactive ketones (excluding diaryl/α,β-unsaturated/α-hetero) is 1. The fourth-order valence-electron chi connectivity index (χ4n) is 1.36. The van der Waals surface area contributed by atoms with Crippen LogP contribution in [0.1, 0.15) is 27.2 Å². The normalized spacial score (nSPS) is 19.4. The lowest BCUT2D eigenvalue weighted by molar-refractivity contribution is -0.139. The van der Waals surface area contributed by atoms with Crippen LogP contribution in [0.15, 0.2) is 22.8 Å². The first-order valence-corrected chi connectivity index (χ1v) is 4.56. The number of ketones is 1. The Hall–Kier alpha value is -1.38. The van der Waals surface area contributed by atoms with Crippen molar-refractivity contribution in [3.8, 4) is 0 Å². The molecule has 0 N–H and O–H groups in total.